The Morgan fingerprint density at radius 1 is 1.14 bits per heavy atom. The van der Waals surface area contributed by atoms with Crippen molar-refractivity contribution in [1.82, 2.24) is 9.80 Å². The molecule has 0 spiro atoms. The number of primary amides is 1. The van der Waals surface area contributed by atoms with Crippen molar-refractivity contribution < 1.29 is 9.59 Å². The fourth-order valence-electron chi connectivity index (χ4n) is 2.59. The van der Waals surface area contributed by atoms with Gasteiger partial charge in [-0.1, -0.05) is 30.3 Å². The van der Waals surface area contributed by atoms with Crippen molar-refractivity contribution in [2.75, 3.05) is 26.2 Å². The molecule has 114 valence electrons. The number of carbonyl (C=O) groups is 2. The zero-order chi connectivity index (χ0) is 15.2. The van der Waals surface area contributed by atoms with Gasteiger partial charge in [-0.25, -0.2) is 0 Å². The zero-order valence-electron chi connectivity index (χ0n) is 12.5. The van der Waals surface area contributed by atoms with E-state index in [0.29, 0.717) is 32.6 Å². The van der Waals surface area contributed by atoms with Crippen molar-refractivity contribution >= 4 is 11.8 Å². The number of nitrogens with zero attached hydrogens (tertiary/aromatic N) is 2. The molecule has 5 nitrogen and oxygen atoms in total. The minimum Gasteiger partial charge on any atom is -0.368 e. The molecule has 1 aliphatic rings. The van der Waals surface area contributed by atoms with E-state index in [1.807, 2.05) is 47.1 Å². The summed E-state index contributed by atoms with van der Waals surface area (Å²) in [6.45, 7) is 4.58. The molecule has 2 N–H and O–H groups in total. The Morgan fingerprint density at radius 2 is 1.76 bits per heavy atom. The van der Waals surface area contributed by atoms with Gasteiger partial charge in [-0.2, -0.15) is 0 Å². The van der Waals surface area contributed by atoms with E-state index in [2.05, 4.69) is 0 Å². The lowest BCUT2D eigenvalue weighted by atomic mass is 10.1. The number of benzene rings is 1. The molecule has 2 rings (SSSR count). The highest BCUT2D eigenvalue weighted by atomic mass is 16.2. The lowest BCUT2D eigenvalue weighted by Gasteiger charge is -2.37. The van der Waals surface area contributed by atoms with Crippen molar-refractivity contribution in [2.45, 2.75) is 25.8 Å². The van der Waals surface area contributed by atoms with Crippen LogP contribution in [0.15, 0.2) is 30.3 Å². The second kappa shape index (κ2) is 7.22. The van der Waals surface area contributed by atoms with Crippen LogP contribution in [-0.2, 0) is 16.0 Å². The number of aryl methyl sites for hydroxylation is 1. The van der Waals surface area contributed by atoms with E-state index in [1.165, 1.54) is 5.56 Å². The number of hydrogen-bond donors (Lipinski definition) is 1. The zero-order valence-corrected chi connectivity index (χ0v) is 12.5. The molecule has 0 radical (unpaired) electrons. The Hall–Kier alpha value is -1.88. The first-order valence-electron chi connectivity index (χ1n) is 7.43. The second-order valence-corrected chi connectivity index (χ2v) is 5.48. The number of rotatable bonds is 5. The van der Waals surface area contributed by atoms with Crippen molar-refractivity contribution in [3.63, 3.8) is 0 Å². The molecule has 0 aliphatic carbocycles. The van der Waals surface area contributed by atoms with Crippen LogP contribution in [0.4, 0.5) is 0 Å². The molecule has 1 heterocycles. The highest BCUT2D eigenvalue weighted by Crippen LogP contribution is 2.09. The molecule has 1 aromatic carbocycles. The highest BCUT2D eigenvalue weighted by Gasteiger charge is 2.25. The van der Waals surface area contributed by atoms with E-state index < -0.39 is 0 Å². The number of nitrogens with two attached hydrogens (primary N) is 1. The topological polar surface area (TPSA) is 66.6 Å². The molecule has 0 aromatic heterocycles. The van der Waals surface area contributed by atoms with Gasteiger partial charge in [0.15, 0.2) is 0 Å². The van der Waals surface area contributed by atoms with Crippen LogP contribution >= 0.6 is 0 Å². The summed E-state index contributed by atoms with van der Waals surface area (Å²) >= 11 is 0. The molecule has 0 unspecified atom stereocenters. The van der Waals surface area contributed by atoms with E-state index in [-0.39, 0.29) is 17.9 Å². The largest absolute Gasteiger partial charge is 0.368 e. The lowest BCUT2D eigenvalue weighted by Crippen LogP contribution is -2.54. The molecular weight excluding hydrogens is 266 g/mol. The van der Waals surface area contributed by atoms with Crippen molar-refractivity contribution in [3.05, 3.63) is 35.9 Å². The van der Waals surface area contributed by atoms with E-state index in [9.17, 15) is 9.59 Å². The monoisotopic (exact) mass is 289 g/mol. The van der Waals surface area contributed by atoms with Crippen LogP contribution in [-0.4, -0.2) is 53.8 Å². The number of piperazine rings is 1. The Morgan fingerprint density at radius 3 is 2.33 bits per heavy atom. The summed E-state index contributed by atoms with van der Waals surface area (Å²) in [5, 5.41) is 0. The van der Waals surface area contributed by atoms with Crippen LogP contribution in [0.3, 0.4) is 0 Å². The molecule has 0 bridgehead atoms. The summed E-state index contributed by atoms with van der Waals surface area (Å²) in [5.41, 5.74) is 6.50. The Kier molecular flexibility index (Phi) is 5.33. The van der Waals surface area contributed by atoms with Gasteiger partial charge in [0.1, 0.15) is 0 Å². The Bertz CT molecular complexity index is 482. The van der Waals surface area contributed by atoms with Gasteiger partial charge >= 0.3 is 0 Å². The normalized spacial score (nSPS) is 17.5. The molecule has 1 fully saturated rings. The van der Waals surface area contributed by atoms with Gasteiger partial charge < -0.3 is 10.6 Å². The average Bonchev–Trinajstić information content (AvgIpc) is 2.53. The molecule has 2 amide bonds. The van der Waals surface area contributed by atoms with Gasteiger partial charge in [0.2, 0.25) is 11.8 Å². The second-order valence-electron chi connectivity index (χ2n) is 5.48. The summed E-state index contributed by atoms with van der Waals surface area (Å²) in [5.74, 6) is -0.121. The summed E-state index contributed by atoms with van der Waals surface area (Å²) in [7, 11) is 0. The van der Waals surface area contributed by atoms with Gasteiger partial charge in [0.05, 0.1) is 6.04 Å². The van der Waals surface area contributed by atoms with E-state index in [1.54, 1.807) is 0 Å². The molecule has 1 aliphatic heterocycles. The first-order valence-corrected chi connectivity index (χ1v) is 7.43. The number of carbonyl (C=O) groups excluding carboxylic acids is 2. The van der Waals surface area contributed by atoms with Gasteiger partial charge in [0.25, 0.3) is 0 Å². The van der Waals surface area contributed by atoms with Crippen molar-refractivity contribution in [3.8, 4) is 0 Å². The molecule has 5 heteroatoms. The third-order valence-corrected chi connectivity index (χ3v) is 4.10. The molecule has 1 atom stereocenters. The third-order valence-electron chi connectivity index (χ3n) is 4.10. The van der Waals surface area contributed by atoms with Crippen molar-refractivity contribution in [2.24, 2.45) is 5.73 Å². The minimum absolute atomic E-state index is 0.185. The third kappa shape index (κ3) is 4.29. The van der Waals surface area contributed by atoms with Crippen molar-refractivity contribution in [1.29, 1.82) is 0 Å². The van der Waals surface area contributed by atoms with Crippen LogP contribution in [0.25, 0.3) is 0 Å². The summed E-state index contributed by atoms with van der Waals surface area (Å²) in [6.07, 6.45) is 1.31. The minimum atomic E-state index is -0.307. The van der Waals surface area contributed by atoms with Crippen LogP contribution < -0.4 is 5.73 Å². The maximum atomic E-state index is 12.2. The number of hydrogen-bond acceptors (Lipinski definition) is 3. The van der Waals surface area contributed by atoms with Crippen LogP contribution in [0.1, 0.15) is 18.9 Å². The fourth-order valence-corrected chi connectivity index (χ4v) is 2.59. The first kappa shape index (κ1) is 15.5. The highest BCUT2D eigenvalue weighted by molar-refractivity contribution is 5.79. The van der Waals surface area contributed by atoms with Crippen LogP contribution in [0.2, 0.25) is 0 Å². The van der Waals surface area contributed by atoms with Gasteiger partial charge in [-0.15, -0.1) is 0 Å². The summed E-state index contributed by atoms with van der Waals surface area (Å²) in [6, 6.07) is 9.78. The van der Waals surface area contributed by atoms with Gasteiger partial charge in [-0.3, -0.25) is 14.5 Å². The number of amides is 2. The Labute approximate surface area is 125 Å². The summed E-state index contributed by atoms with van der Waals surface area (Å²) in [4.78, 5) is 27.3. The standard InChI is InChI=1S/C16H23N3O2/c1-13(16(17)21)18-9-11-19(12-10-18)15(20)8-7-14-5-3-2-4-6-14/h2-6,13H,7-12H2,1H3,(H2,17,21)/t13-/m0/s1. The quantitative estimate of drug-likeness (QED) is 0.865. The van der Waals surface area contributed by atoms with E-state index in [0.717, 1.165) is 6.42 Å². The Balaban J connectivity index is 1.77. The SMILES string of the molecule is C[C@@H](C(N)=O)N1CCN(C(=O)CCc2ccccc2)CC1. The predicted molar refractivity (Wildman–Crippen MR) is 81.6 cm³/mol. The molecular formula is C16H23N3O2. The van der Waals surface area contributed by atoms with Crippen LogP contribution in [0.5, 0.6) is 0 Å². The fraction of sp³-hybridized carbons (Fsp3) is 0.500. The predicted octanol–water partition coefficient (Wildman–Crippen LogP) is 0.637. The molecule has 1 aromatic rings. The lowest BCUT2D eigenvalue weighted by molar-refractivity contribution is -0.133. The molecule has 21 heavy (non-hydrogen) atoms. The summed E-state index contributed by atoms with van der Waals surface area (Å²) < 4.78 is 0. The van der Waals surface area contributed by atoms with Crippen LogP contribution in [0, 0.1) is 0 Å². The smallest absolute Gasteiger partial charge is 0.234 e. The molecule has 1 saturated heterocycles. The average molecular weight is 289 g/mol. The van der Waals surface area contributed by atoms with Gasteiger partial charge in [-0.05, 0) is 18.9 Å². The maximum Gasteiger partial charge on any atom is 0.234 e. The van der Waals surface area contributed by atoms with Gasteiger partial charge in [0, 0.05) is 32.6 Å². The van der Waals surface area contributed by atoms with E-state index in [4.69, 9.17) is 5.73 Å². The maximum absolute atomic E-state index is 12.2. The molecule has 0 saturated carbocycles. The van der Waals surface area contributed by atoms with E-state index >= 15 is 0 Å². The first-order chi connectivity index (χ1) is 10.1.